The van der Waals surface area contributed by atoms with Crippen molar-refractivity contribution in [2.45, 2.75) is 38.8 Å². The van der Waals surface area contributed by atoms with Crippen LogP contribution in [0.1, 0.15) is 36.3 Å². The maximum Gasteiger partial charge on any atom is 0.292 e. The van der Waals surface area contributed by atoms with Gasteiger partial charge in [-0.1, -0.05) is 5.16 Å². The fourth-order valence-corrected chi connectivity index (χ4v) is 1.87. The van der Waals surface area contributed by atoms with Crippen molar-refractivity contribution in [3.63, 3.8) is 0 Å². The van der Waals surface area contributed by atoms with Crippen LogP contribution >= 0.6 is 0 Å². The summed E-state index contributed by atoms with van der Waals surface area (Å²) in [5, 5.41) is 9.81. The molecule has 1 saturated heterocycles. The van der Waals surface area contributed by atoms with Crippen molar-refractivity contribution >= 4 is 5.91 Å². The second kappa shape index (κ2) is 4.61. The molecule has 6 nitrogen and oxygen atoms in total. The predicted molar refractivity (Wildman–Crippen MR) is 57.0 cm³/mol. The van der Waals surface area contributed by atoms with Gasteiger partial charge in [-0.05, 0) is 26.3 Å². The Morgan fingerprint density at radius 3 is 3.06 bits per heavy atom. The van der Waals surface area contributed by atoms with Crippen molar-refractivity contribution < 1.29 is 9.32 Å². The summed E-state index contributed by atoms with van der Waals surface area (Å²) in [5.74, 6) is 0.243. The van der Waals surface area contributed by atoms with E-state index in [0.29, 0.717) is 5.89 Å². The predicted octanol–water partition coefficient (Wildman–Crippen LogP) is 0.248. The molecule has 0 saturated carbocycles. The Hall–Kier alpha value is -1.43. The van der Waals surface area contributed by atoms with Gasteiger partial charge in [0.2, 0.25) is 5.89 Å². The van der Waals surface area contributed by atoms with E-state index in [2.05, 4.69) is 27.7 Å². The largest absolute Gasteiger partial charge is 0.345 e. The molecular formula is C10H16N4O2. The summed E-state index contributed by atoms with van der Waals surface area (Å²) in [6.45, 7) is 4.73. The quantitative estimate of drug-likeness (QED) is 0.752. The van der Waals surface area contributed by atoms with Crippen LogP contribution in [0, 0.1) is 6.92 Å². The molecule has 2 unspecified atom stereocenters. The van der Waals surface area contributed by atoms with Crippen LogP contribution in [0.4, 0.5) is 0 Å². The van der Waals surface area contributed by atoms with Crippen molar-refractivity contribution in [2.24, 2.45) is 0 Å². The Morgan fingerprint density at radius 2 is 2.44 bits per heavy atom. The molecule has 2 rings (SSSR count). The summed E-state index contributed by atoms with van der Waals surface area (Å²) in [6.07, 6.45) is 2.05. The van der Waals surface area contributed by atoms with Gasteiger partial charge in [-0.3, -0.25) is 4.79 Å². The summed E-state index contributed by atoms with van der Waals surface area (Å²) in [7, 11) is 0. The van der Waals surface area contributed by atoms with Crippen LogP contribution in [0.3, 0.4) is 0 Å². The van der Waals surface area contributed by atoms with Crippen LogP contribution < -0.4 is 10.6 Å². The normalized spacial score (nSPS) is 25.4. The van der Waals surface area contributed by atoms with E-state index in [-0.39, 0.29) is 23.8 Å². The van der Waals surface area contributed by atoms with Crippen molar-refractivity contribution in [1.29, 1.82) is 0 Å². The highest BCUT2D eigenvalue weighted by Crippen LogP contribution is 2.08. The van der Waals surface area contributed by atoms with Gasteiger partial charge in [0.05, 0.1) is 0 Å². The lowest BCUT2D eigenvalue weighted by Crippen LogP contribution is -2.52. The first-order chi connectivity index (χ1) is 7.66. The minimum Gasteiger partial charge on any atom is -0.345 e. The van der Waals surface area contributed by atoms with E-state index in [4.69, 9.17) is 4.52 Å². The number of aromatic nitrogens is 2. The van der Waals surface area contributed by atoms with E-state index in [0.717, 1.165) is 19.4 Å². The molecule has 6 heteroatoms. The summed E-state index contributed by atoms with van der Waals surface area (Å²) in [6, 6.07) is 0.422. The number of aryl methyl sites for hydroxylation is 1. The molecule has 1 fully saturated rings. The van der Waals surface area contributed by atoms with Crippen molar-refractivity contribution in [3.8, 4) is 0 Å². The van der Waals surface area contributed by atoms with Gasteiger partial charge in [-0.2, -0.15) is 4.98 Å². The summed E-state index contributed by atoms with van der Waals surface area (Å²) in [5.41, 5.74) is 0. The number of nitrogens with one attached hydrogen (secondary N) is 2. The molecule has 1 aromatic heterocycles. The van der Waals surface area contributed by atoms with Gasteiger partial charge in [0, 0.05) is 19.0 Å². The Labute approximate surface area is 93.8 Å². The number of carbonyl (C=O) groups excluding carboxylic acids is 1. The average Bonchev–Trinajstić information content (AvgIpc) is 2.68. The average molecular weight is 224 g/mol. The molecule has 1 aliphatic heterocycles. The second-order valence-electron chi connectivity index (χ2n) is 4.10. The maximum atomic E-state index is 11.7. The van der Waals surface area contributed by atoms with Crippen LogP contribution in [0.5, 0.6) is 0 Å². The Balaban J connectivity index is 1.96. The summed E-state index contributed by atoms with van der Waals surface area (Å²) in [4.78, 5) is 15.6. The van der Waals surface area contributed by atoms with Crippen molar-refractivity contribution in [3.05, 3.63) is 11.7 Å². The number of amides is 1. The van der Waals surface area contributed by atoms with Gasteiger partial charge in [0.1, 0.15) is 0 Å². The molecule has 88 valence electrons. The lowest BCUT2D eigenvalue weighted by atomic mass is 10.00. The first-order valence-corrected chi connectivity index (χ1v) is 5.51. The smallest absolute Gasteiger partial charge is 0.292 e. The molecule has 1 amide bonds. The molecule has 2 atom stereocenters. The maximum absolute atomic E-state index is 11.7. The molecule has 2 heterocycles. The summed E-state index contributed by atoms with van der Waals surface area (Å²) < 4.78 is 4.76. The van der Waals surface area contributed by atoms with E-state index in [1.807, 2.05) is 0 Å². The second-order valence-corrected chi connectivity index (χ2v) is 4.10. The van der Waals surface area contributed by atoms with Gasteiger partial charge in [-0.25, -0.2) is 0 Å². The molecule has 0 aliphatic carbocycles. The Bertz CT molecular complexity index is 377. The Morgan fingerprint density at radius 1 is 1.62 bits per heavy atom. The molecule has 1 aliphatic rings. The molecule has 0 spiro atoms. The lowest BCUT2D eigenvalue weighted by Gasteiger charge is -2.30. The third kappa shape index (κ3) is 2.38. The zero-order valence-electron chi connectivity index (χ0n) is 9.49. The number of piperidine rings is 1. The van der Waals surface area contributed by atoms with E-state index in [1.165, 1.54) is 0 Å². The van der Waals surface area contributed by atoms with Crippen molar-refractivity contribution in [2.75, 3.05) is 6.54 Å². The minimum atomic E-state index is -0.266. The fraction of sp³-hybridized carbons (Fsp3) is 0.700. The molecule has 0 aromatic carbocycles. The van der Waals surface area contributed by atoms with Crippen LogP contribution in [-0.2, 0) is 0 Å². The Kier molecular flexibility index (Phi) is 3.19. The first kappa shape index (κ1) is 11.1. The summed E-state index contributed by atoms with van der Waals surface area (Å²) >= 11 is 0. The van der Waals surface area contributed by atoms with E-state index < -0.39 is 0 Å². The number of hydrogen-bond donors (Lipinski definition) is 2. The number of carbonyl (C=O) groups is 1. The van der Waals surface area contributed by atoms with Gasteiger partial charge in [-0.15, -0.1) is 0 Å². The number of hydrogen-bond acceptors (Lipinski definition) is 5. The zero-order valence-corrected chi connectivity index (χ0v) is 9.49. The molecule has 1 aromatic rings. The zero-order chi connectivity index (χ0) is 11.5. The lowest BCUT2D eigenvalue weighted by molar-refractivity contribution is 0.0906. The first-order valence-electron chi connectivity index (χ1n) is 5.51. The highest BCUT2D eigenvalue weighted by atomic mass is 16.5. The SMILES string of the molecule is Cc1nc(C(=O)NC2CCCNC2C)no1. The van der Waals surface area contributed by atoms with Crippen LogP contribution in [0.15, 0.2) is 4.52 Å². The number of nitrogens with zero attached hydrogens (tertiary/aromatic N) is 2. The van der Waals surface area contributed by atoms with Gasteiger partial charge in [0.25, 0.3) is 11.7 Å². The van der Waals surface area contributed by atoms with E-state index >= 15 is 0 Å². The topological polar surface area (TPSA) is 80.0 Å². The number of rotatable bonds is 2. The highest BCUT2D eigenvalue weighted by molar-refractivity contribution is 5.90. The van der Waals surface area contributed by atoms with Crippen LogP contribution in [0.25, 0.3) is 0 Å². The molecular weight excluding hydrogens is 208 g/mol. The molecule has 2 N–H and O–H groups in total. The minimum absolute atomic E-state index is 0.107. The van der Waals surface area contributed by atoms with Crippen molar-refractivity contribution in [1.82, 2.24) is 20.8 Å². The standard InChI is InChI=1S/C10H16N4O2/c1-6-8(4-3-5-11-6)13-10(15)9-12-7(2)16-14-9/h6,8,11H,3-5H2,1-2H3,(H,13,15). The van der Waals surface area contributed by atoms with Gasteiger partial charge < -0.3 is 15.2 Å². The van der Waals surface area contributed by atoms with Crippen LogP contribution in [-0.4, -0.2) is 34.7 Å². The third-order valence-corrected chi connectivity index (χ3v) is 2.81. The van der Waals surface area contributed by atoms with Gasteiger partial charge >= 0.3 is 0 Å². The third-order valence-electron chi connectivity index (χ3n) is 2.81. The molecule has 0 bridgehead atoms. The van der Waals surface area contributed by atoms with Crippen LogP contribution in [0.2, 0.25) is 0 Å². The van der Waals surface area contributed by atoms with Gasteiger partial charge in [0.15, 0.2) is 0 Å². The monoisotopic (exact) mass is 224 g/mol. The van der Waals surface area contributed by atoms with E-state index in [9.17, 15) is 4.79 Å². The van der Waals surface area contributed by atoms with E-state index in [1.54, 1.807) is 6.92 Å². The molecule has 0 radical (unpaired) electrons. The molecule has 16 heavy (non-hydrogen) atoms. The fourth-order valence-electron chi connectivity index (χ4n) is 1.87. The highest BCUT2D eigenvalue weighted by Gasteiger charge is 2.24.